The lowest BCUT2D eigenvalue weighted by Crippen LogP contribution is -2.28. The molecule has 0 fully saturated rings. The number of hydrogen-bond acceptors (Lipinski definition) is 6. The van der Waals surface area contributed by atoms with Crippen molar-refractivity contribution in [3.05, 3.63) is 222 Å². The SMILES string of the molecule is c1ccc2c(c1)-c1ccccc1C2(c1ccc(-c2nc(-c3ccc4c(c3)oc3ccccc34)nc(-c3ccc4c(c3)oc3ccccc34)n2)cc1)c1ccc2c(c1)sc1ccccc12. The monoisotopic (exact) mass is 835 g/mol. The van der Waals surface area contributed by atoms with Gasteiger partial charge in [0.25, 0.3) is 0 Å². The zero-order valence-electron chi connectivity index (χ0n) is 34.1. The number of rotatable bonds is 5. The van der Waals surface area contributed by atoms with Crippen molar-refractivity contribution >= 4 is 75.4 Å². The third-order valence-electron chi connectivity index (χ3n) is 13.2. The van der Waals surface area contributed by atoms with Gasteiger partial charge in [0, 0.05) is 58.4 Å². The molecule has 9 aromatic carbocycles. The predicted molar refractivity (Wildman–Crippen MR) is 261 cm³/mol. The Balaban J connectivity index is 0.956. The Bertz CT molecular complexity index is 3870. The second-order valence-corrected chi connectivity index (χ2v) is 17.7. The first-order valence-electron chi connectivity index (χ1n) is 21.5. The molecular weight excluding hydrogens is 803 g/mol. The van der Waals surface area contributed by atoms with Crippen molar-refractivity contribution in [2.75, 3.05) is 0 Å². The van der Waals surface area contributed by atoms with E-state index in [-0.39, 0.29) is 0 Å². The topological polar surface area (TPSA) is 65.0 Å². The van der Waals surface area contributed by atoms with Crippen LogP contribution in [0.25, 0.3) is 109 Å². The third kappa shape index (κ3) is 5.08. The van der Waals surface area contributed by atoms with E-state index in [1.54, 1.807) is 0 Å². The Morgan fingerprint density at radius 3 is 1.38 bits per heavy atom. The number of nitrogens with zero attached hydrogens (tertiary/aromatic N) is 3. The van der Waals surface area contributed by atoms with Crippen molar-refractivity contribution in [2.24, 2.45) is 0 Å². The summed E-state index contributed by atoms with van der Waals surface area (Å²) in [5.74, 6) is 1.69. The fraction of sp³-hybridized carbons (Fsp3) is 0.0172. The normalized spacial score (nSPS) is 13.1. The molecule has 13 aromatic rings. The van der Waals surface area contributed by atoms with Crippen molar-refractivity contribution in [1.82, 2.24) is 15.0 Å². The highest BCUT2D eigenvalue weighted by Gasteiger charge is 2.46. The van der Waals surface area contributed by atoms with Gasteiger partial charge >= 0.3 is 0 Å². The van der Waals surface area contributed by atoms with Crippen molar-refractivity contribution in [3.63, 3.8) is 0 Å². The van der Waals surface area contributed by atoms with E-state index in [0.29, 0.717) is 17.5 Å². The summed E-state index contributed by atoms with van der Waals surface area (Å²) in [6.45, 7) is 0. The molecule has 4 heterocycles. The minimum Gasteiger partial charge on any atom is -0.456 e. The molecule has 0 atom stereocenters. The number of para-hydroxylation sites is 2. The molecule has 0 aliphatic heterocycles. The first-order chi connectivity index (χ1) is 31.7. The van der Waals surface area contributed by atoms with Gasteiger partial charge < -0.3 is 8.83 Å². The number of furan rings is 2. The molecule has 0 saturated carbocycles. The lowest BCUT2D eigenvalue weighted by Gasteiger charge is -2.34. The van der Waals surface area contributed by atoms with Gasteiger partial charge in [-0.15, -0.1) is 11.3 Å². The second-order valence-electron chi connectivity index (χ2n) is 16.7. The number of aromatic nitrogens is 3. The summed E-state index contributed by atoms with van der Waals surface area (Å²) in [5.41, 5.74) is 12.7. The number of hydrogen-bond donors (Lipinski definition) is 0. The second kappa shape index (κ2) is 13.4. The molecule has 64 heavy (non-hydrogen) atoms. The lowest BCUT2D eigenvalue weighted by molar-refractivity contribution is 0.668. The highest BCUT2D eigenvalue weighted by molar-refractivity contribution is 7.25. The zero-order chi connectivity index (χ0) is 41.9. The summed E-state index contributed by atoms with van der Waals surface area (Å²) in [6, 6.07) is 71.2. The molecule has 0 radical (unpaired) electrons. The van der Waals surface area contributed by atoms with Gasteiger partial charge in [0.15, 0.2) is 17.5 Å². The van der Waals surface area contributed by atoms with Gasteiger partial charge in [-0.3, -0.25) is 0 Å². The predicted octanol–water partition coefficient (Wildman–Crippen LogP) is 15.4. The highest BCUT2D eigenvalue weighted by atomic mass is 32.1. The molecule has 0 saturated heterocycles. The molecule has 298 valence electrons. The van der Waals surface area contributed by atoms with Crippen LogP contribution < -0.4 is 0 Å². The molecule has 4 aromatic heterocycles. The molecule has 5 nitrogen and oxygen atoms in total. The largest absolute Gasteiger partial charge is 0.456 e. The Morgan fingerprint density at radius 1 is 0.328 bits per heavy atom. The Morgan fingerprint density at radius 2 is 0.766 bits per heavy atom. The van der Waals surface area contributed by atoms with Crippen LogP contribution in [0.5, 0.6) is 0 Å². The van der Waals surface area contributed by atoms with E-state index in [9.17, 15) is 0 Å². The van der Waals surface area contributed by atoms with Crippen molar-refractivity contribution < 1.29 is 8.83 Å². The van der Waals surface area contributed by atoms with Gasteiger partial charge in [-0.25, -0.2) is 15.0 Å². The third-order valence-corrected chi connectivity index (χ3v) is 14.4. The minimum absolute atomic E-state index is 0.558. The highest BCUT2D eigenvalue weighted by Crippen LogP contribution is 2.57. The summed E-state index contributed by atoms with van der Waals surface area (Å²) in [6.07, 6.45) is 0. The van der Waals surface area contributed by atoms with Gasteiger partial charge in [-0.1, -0.05) is 152 Å². The first kappa shape index (κ1) is 35.4. The van der Waals surface area contributed by atoms with Crippen LogP contribution in [0, 0.1) is 0 Å². The van der Waals surface area contributed by atoms with E-state index in [1.165, 1.54) is 53.6 Å². The van der Waals surface area contributed by atoms with E-state index in [0.717, 1.165) is 60.6 Å². The van der Waals surface area contributed by atoms with Gasteiger partial charge in [-0.05, 0) is 81.9 Å². The van der Waals surface area contributed by atoms with Crippen LogP contribution in [0.3, 0.4) is 0 Å². The molecule has 6 heteroatoms. The van der Waals surface area contributed by atoms with Crippen LogP contribution in [0.1, 0.15) is 22.3 Å². The summed E-state index contributed by atoms with van der Waals surface area (Å²) in [4.78, 5) is 15.5. The van der Waals surface area contributed by atoms with Gasteiger partial charge in [0.1, 0.15) is 22.3 Å². The maximum Gasteiger partial charge on any atom is 0.164 e. The van der Waals surface area contributed by atoms with E-state index in [2.05, 4.69) is 152 Å². The van der Waals surface area contributed by atoms with Crippen LogP contribution in [-0.4, -0.2) is 15.0 Å². The van der Waals surface area contributed by atoms with E-state index in [1.807, 2.05) is 59.9 Å². The van der Waals surface area contributed by atoms with Crippen molar-refractivity contribution in [3.8, 4) is 45.3 Å². The molecule has 1 aliphatic carbocycles. The summed E-state index contributed by atoms with van der Waals surface area (Å²) in [5, 5.41) is 6.84. The number of benzene rings is 9. The van der Waals surface area contributed by atoms with Crippen LogP contribution in [0.4, 0.5) is 0 Å². The molecule has 14 rings (SSSR count). The average molecular weight is 836 g/mol. The molecule has 0 unspecified atom stereocenters. The molecule has 0 spiro atoms. The lowest BCUT2D eigenvalue weighted by atomic mass is 9.67. The number of thiophene rings is 1. The maximum absolute atomic E-state index is 6.34. The molecule has 0 bridgehead atoms. The quantitative estimate of drug-likeness (QED) is 0.173. The fourth-order valence-electron chi connectivity index (χ4n) is 10.3. The van der Waals surface area contributed by atoms with E-state index in [4.69, 9.17) is 23.8 Å². The first-order valence-corrected chi connectivity index (χ1v) is 22.3. The summed E-state index contributed by atoms with van der Waals surface area (Å²) in [7, 11) is 0. The van der Waals surface area contributed by atoms with Crippen molar-refractivity contribution in [2.45, 2.75) is 5.41 Å². The maximum atomic E-state index is 6.34. The molecule has 1 aliphatic rings. The van der Waals surface area contributed by atoms with Crippen LogP contribution in [-0.2, 0) is 5.41 Å². The summed E-state index contributed by atoms with van der Waals surface area (Å²) >= 11 is 1.86. The minimum atomic E-state index is -0.560. The standard InChI is InChI=1S/C58H33N3O2S/c1-6-16-47-39(11-1)40-12-2-7-17-48(40)58(47,38-27-30-46-45-15-5-10-20-53(45)64-54(46)33-38)37-25-21-34(22-26-37)55-59-56(35-23-28-43-41-13-3-8-18-49(41)62-51(43)31-35)61-57(60-55)36-24-29-44-42-14-4-9-19-50(42)63-52(44)32-36/h1-33H. The number of fused-ring (bicyclic) bond motifs is 12. The van der Waals surface area contributed by atoms with Gasteiger partial charge in [-0.2, -0.15) is 0 Å². The molecule has 0 amide bonds. The van der Waals surface area contributed by atoms with Crippen LogP contribution in [0.15, 0.2) is 209 Å². The smallest absolute Gasteiger partial charge is 0.164 e. The van der Waals surface area contributed by atoms with E-state index < -0.39 is 5.41 Å². The summed E-state index contributed by atoms with van der Waals surface area (Å²) < 4.78 is 15.2. The zero-order valence-corrected chi connectivity index (χ0v) is 34.9. The Hall–Kier alpha value is -8.19. The fourth-order valence-corrected chi connectivity index (χ4v) is 11.5. The van der Waals surface area contributed by atoms with Gasteiger partial charge in [0.05, 0.1) is 5.41 Å². The van der Waals surface area contributed by atoms with Crippen LogP contribution in [0.2, 0.25) is 0 Å². The Labute approximate surface area is 370 Å². The Kier molecular flexibility index (Phi) is 7.42. The molecule has 0 N–H and O–H groups in total. The van der Waals surface area contributed by atoms with E-state index >= 15 is 0 Å². The molecular formula is C58H33N3O2S. The van der Waals surface area contributed by atoms with Crippen LogP contribution >= 0.6 is 11.3 Å². The van der Waals surface area contributed by atoms with Crippen molar-refractivity contribution in [1.29, 1.82) is 0 Å². The van der Waals surface area contributed by atoms with Gasteiger partial charge in [0.2, 0.25) is 0 Å². The average Bonchev–Trinajstić information content (AvgIpc) is 4.11.